The molecular weight excluding hydrogens is 695 g/mol. The number of benzene rings is 10. The summed E-state index contributed by atoms with van der Waals surface area (Å²) in [5, 5.41) is 10.2. The maximum atomic E-state index is 2.46. The molecule has 56 heavy (non-hydrogen) atoms. The number of fused-ring (bicyclic) bond motifs is 7. The van der Waals surface area contributed by atoms with E-state index in [2.05, 4.69) is 217 Å². The number of rotatable bonds is 6. The summed E-state index contributed by atoms with van der Waals surface area (Å²) in [5.74, 6) is 0. The van der Waals surface area contributed by atoms with Crippen LogP contribution in [0, 0.1) is 0 Å². The number of hydrogen-bond acceptors (Lipinski definition) is 2. The summed E-state index contributed by atoms with van der Waals surface area (Å²) < 4.78 is 2.58. The summed E-state index contributed by atoms with van der Waals surface area (Å²) >= 11 is 1.86. The lowest BCUT2D eigenvalue weighted by molar-refractivity contribution is 1.29. The second-order valence-corrected chi connectivity index (χ2v) is 15.6. The molecule has 1 aromatic heterocycles. The highest BCUT2D eigenvalue weighted by atomic mass is 32.1. The third-order valence-electron chi connectivity index (χ3n) is 11.2. The van der Waals surface area contributed by atoms with Crippen molar-refractivity contribution >= 4 is 80.9 Å². The predicted molar refractivity (Wildman–Crippen MR) is 243 cm³/mol. The molecule has 0 bridgehead atoms. The Morgan fingerprint density at radius 2 is 0.875 bits per heavy atom. The van der Waals surface area contributed by atoms with E-state index in [-0.39, 0.29) is 0 Å². The van der Waals surface area contributed by atoms with E-state index in [1.165, 1.54) is 85.9 Å². The molecule has 0 aliphatic carbocycles. The minimum atomic E-state index is 1.10. The van der Waals surface area contributed by atoms with E-state index in [9.17, 15) is 0 Å². The highest BCUT2D eigenvalue weighted by Crippen LogP contribution is 2.46. The molecule has 0 saturated carbocycles. The van der Waals surface area contributed by atoms with Gasteiger partial charge in [0.1, 0.15) is 0 Å². The highest BCUT2D eigenvalue weighted by Gasteiger charge is 2.20. The van der Waals surface area contributed by atoms with Gasteiger partial charge in [0.05, 0.1) is 5.69 Å². The molecule has 11 aromatic rings. The Morgan fingerprint density at radius 3 is 1.71 bits per heavy atom. The largest absolute Gasteiger partial charge is 0.310 e. The van der Waals surface area contributed by atoms with Crippen LogP contribution in [0.1, 0.15) is 0 Å². The van der Waals surface area contributed by atoms with Gasteiger partial charge in [0.25, 0.3) is 0 Å². The fourth-order valence-electron chi connectivity index (χ4n) is 8.49. The lowest BCUT2D eigenvalue weighted by atomic mass is 9.93. The van der Waals surface area contributed by atoms with Crippen LogP contribution in [-0.4, -0.2) is 0 Å². The molecule has 0 aliphatic rings. The molecule has 0 fully saturated rings. The molecule has 2 heteroatoms. The van der Waals surface area contributed by atoms with E-state index < -0.39 is 0 Å². The molecule has 1 nitrogen and oxygen atoms in total. The lowest BCUT2D eigenvalue weighted by Gasteiger charge is -2.29. The molecular formula is C54H35NS. The van der Waals surface area contributed by atoms with Crippen molar-refractivity contribution in [2.75, 3.05) is 4.90 Å². The summed E-state index contributed by atoms with van der Waals surface area (Å²) in [6.45, 7) is 0. The quantitative estimate of drug-likeness (QED) is 0.154. The molecule has 0 amide bonds. The normalized spacial score (nSPS) is 11.6. The summed E-state index contributed by atoms with van der Waals surface area (Å²) in [5.41, 5.74) is 10.5. The van der Waals surface area contributed by atoms with E-state index >= 15 is 0 Å². The van der Waals surface area contributed by atoms with Gasteiger partial charge < -0.3 is 4.90 Å². The van der Waals surface area contributed by atoms with Crippen LogP contribution in [0.3, 0.4) is 0 Å². The number of nitrogens with zero attached hydrogens (tertiary/aromatic N) is 1. The molecule has 10 aromatic carbocycles. The average molecular weight is 730 g/mol. The third-order valence-corrected chi connectivity index (χ3v) is 12.4. The molecule has 0 saturated heterocycles. The van der Waals surface area contributed by atoms with Gasteiger partial charge in [-0.2, -0.15) is 0 Å². The number of hydrogen-bond donors (Lipinski definition) is 0. The third kappa shape index (κ3) is 5.54. The van der Waals surface area contributed by atoms with Crippen LogP contribution in [-0.2, 0) is 0 Å². The van der Waals surface area contributed by atoms with Gasteiger partial charge in [-0.25, -0.2) is 0 Å². The van der Waals surface area contributed by atoms with Crippen molar-refractivity contribution in [2.45, 2.75) is 0 Å². The first-order valence-electron chi connectivity index (χ1n) is 19.2. The molecule has 262 valence electrons. The van der Waals surface area contributed by atoms with E-state index in [4.69, 9.17) is 0 Å². The minimum Gasteiger partial charge on any atom is -0.310 e. The number of thiophene rings is 1. The maximum absolute atomic E-state index is 2.46. The van der Waals surface area contributed by atoms with Crippen LogP contribution < -0.4 is 4.90 Å². The topological polar surface area (TPSA) is 3.24 Å². The Kier molecular flexibility index (Phi) is 7.75. The first-order valence-corrected chi connectivity index (χ1v) is 20.0. The fraction of sp³-hybridized carbons (Fsp3) is 0. The zero-order chi connectivity index (χ0) is 37.0. The molecule has 0 N–H and O–H groups in total. The van der Waals surface area contributed by atoms with Crippen LogP contribution in [0.25, 0.3) is 85.9 Å². The summed E-state index contributed by atoms with van der Waals surface area (Å²) in [7, 11) is 0. The Morgan fingerprint density at radius 1 is 0.286 bits per heavy atom. The van der Waals surface area contributed by atoms with Gasteiger partial charge in [0.15, 0.2) is 0 Å². The Bertz CT molecular complexity index is 3250. The fourth-order valence-corrected chi connectivity index (χ4v) is 9.63. The second-order valence-electron chi connectivity index (χ2n) is 14.5. The standard InChI is InChI=1S/C54H35NS/c1-2-13-37(14-3-1)46-30-26-41(40-23-22-36-12-4-5-15-39(36)32-40)34-52(46)55(44-29-31-50-49-20-10-11-21-53(49)56-54(50)35-44)43-27-24-38(25-28-43)51-33-42-16-6-7-17-45(42)47-18-8-9-19-48(47)51/h1-35H. The van der Waals surface area contributed by atoms with Crippen LogP contribution in [0.5, 0.6) is 0 Å². The Hall–Kier alpha value is -7.00. The smallest absolute Gasteiger partial charge is 0.0546 e. The first-order chi connectivity index (χ1) is 27.7. The molecule has 0 radical (unpaired) electrons. The van der Waals surface area contributed by atoms with E-state index in [0.29, 0.717) is 0 Å². The van der Waals surface area contributed by atoms with Gasteiger partial charge in [-0.1, -0.05) is 164 Å². The lowest BCUT2D eigenvalue weighted by Crippen LogP contribution is -2.11. The highest BCUT2D eigenvalue weighted by molar-refractivity contribution is 7.25. The van der Waals surface area contributed by atoms with Gasteiger partial charge in [0.2, 0.25) is 0 Å². The van der Waals surface area contributed by atoms with Crippen molar-refractivity contribution in [1.82, 2.24) is 0 Å². The van der Waals surface area contributed by atoms with E-state index in [0.717, 1.165) is 17.1 Å². The minimum absolute atomic E-state index is 1.10. The SMILES string of the molecule is c1ccc(-c2ccc(-c3ccc4ccccc4c3)cc2N(c2ccc(-c3cc4ccccc4c4ccccc34)cc2)c2ccc3c(c2)sc2ccccc23)cc1. The predicted octanol–water partition coefficient (Wildman–Crippen LogP) is 16.0. The molecule has 0 unspecified atom stereocenters. The molecule has 0 aliphatic heterocycles. The molecule has 11 rings (SSSR count). The second kappa shape index (κ2) is 13.4. The Balaban J connectivity index is 1.13. The van der Waals surface area contributed by atoms with Gasteiger partial charge in [-0.15, -0.1) is 11.3 Å². The molecule has 0 atom stereocenters. The Labute approximate surface area is 330 Å². The van der Waals surface area contributed by atoms with Crippen molar-refractivity contribution < 1.29 is 0 Å². The monoisotopic (exact) mass is 729 g/mol. The number of anilines is 3. The van der Waals surface area contributed by atoms with Gasteiger partial charge in [0, 0.05) is 37.1 Å². The van der Waals surface area contributed by atoms with E-state index in [1.807, 2.05) is 11.3 Å². The van der Waals surface area contributed by atoms with Crippen molar-refractivity contribution in [3.63, 3.8) is 0 Å². The van der Waals surface area contributed by atoms with Crippen LogP contribution in [0.2, 0.25) is 0 Å². The van der Waals surface area contributed by atoms with Crippen molar-refractivity contribution in [2.24, 2.45) is 0 Å². The zero-order valence-electron chi connectivity index (χ0n) is 30.6. The van der Waals surface area contributed by atoms with Gasteiger partial charge in [-0.3, -0.25) is 0 Å². The average Bonchev–Trinajstić information content (AvgIpc) is 3.65. The first kappa shape index (κ1) is 32.4. The molecule has 1 heterocycles. The van der Waals surface area contributed by atoms with Gasteiger partial charge in [-0.05, 0) is 109 Å². The van der Waals surface area contributed by atoms with Crippen molar-refractivity contribution in [3.8, 4) is 33.4 Å². The van der Waals surface area contributed by atoms with E-state index in [1.54, 1.807) is 0 Å². The van der Waals surface area contributed by atoms with Gasteiger partial charge >= 0.3 is 0 Å². The zero-order valence-corrected chi connectivity index (χ0v) is 31.4. The van der Waals surface area contributed by atoms with Crippen molar-refractivity contribution in [3.05, 3.63) is 212 Å². The molecule has 0 spiro atoms. The van der Waals surface area contributed by atoms with Crippen LogP contribution in [0.4, 0.5) is 17.1 Å². The maximum Gasteiger partial charge on any atom is 0.0546 e. The van der Waals surface area contributed by atoms with Crippen LogP contribution >= 0.6 is 11.3 Å². The summed E-state index contributed by atoms with van der Waals surface area (Å²) in [6, 6.07) is 77.9. The van der Waals surface area contributed by atoms with Crippen LogP contribution in [0.15, 0.2) is 212 Å². The van der Waals surface area contributed by atoms with Crippen molar-refractivity contribution in [1.29, 1.82) is 0 Å². The summed E-state index contributed by atoms with van der Waals surface area (Å²) in [6.07, 6.45) is 0. The summed E-state index contributed by atoms with van der Waals surface area (Å²) in [4.78, 5) is 2.46.